The van der Waals surface area contributed by atoms with Crippen molar-refractivity contribution in [1.82, 2.24) is 0 Å². The lowest BCUT2D eigenvalue weighted by Crippen LogP contribution is -2.58. The van der Waals surface area contributed by atoms with Crippen LogP contribution in [-0.4, -0.2) is 34.9 Å². The monoisotopic (exact) mass is 468 g/mol. The fourth-order valence-corrected chi connectivity index (χ4v) is 8.23. The van der Waals surface area contributed by atoms with Crippen LogP contribution in [0.5, 0.6) is 0 Å². The average molecular weight is 469 g/mol. The molecule has 0 aromatic carbocycles. The Bertz CT molecular complexity index is 1040. The number of hydrogen-bond acceptors (Lipinski definition) is 6. The second kappa shape index (κ2) is 8.02. The van der Waals surface area contributed by atoms with Crippen molar-refractivity contribution in [2.45, 2.75) is 64.4 Å². The molecule has 176 valence electrons. The third-order valence-corrected chi connectivity index (χ3v) is 10.3. The van der Waals surface area contributed by atoms with Crippen LogP contribution < -0.4 is 0 Å². The molecule has 0 saturated heterocycles. The van der Waals surface area contributed by atoms with E-state index in [1.165, 1.54) is 16.9 Å². The second-order valence-corrected chi connectivity index (χ2v) is 11.8. The first kappa shape index (κ1) is 22.7. The van der Waals surface area contributed by atoms with Gasteiger partial charge in [0.1, 0.15) is 5.60 Å². The van der Waals surface area contributed by atoms with Gasteiger partial charge in [0, 0.05) is 15.7 Å². The van der Waals surface area contributed by atoms with E-state index in [-0.39, 0.29) is 35.9 Å². The van der Waals surface area contributed by atoms with E-state index in [1.807, 2.05) is 23.6 Å². The number of aliphatic hydroxyl groups is 1. The Morgan fingerprint density at radius 2 is 1.97 bits per heavy atom. The van der Waals surface area contributed by atoms with Crippen molar-refractivity contribution in [3.63, 3.8) is 0 Å². The van der Waals surface area contributed by atoms with Gasteiger partial charge in [-0.05, 0) is 79.9 Å². The number of ketones is 2. The van der Waals surface area contributed by atoms with E-state index in [1.54, 1.807) is 6.08 Å². The van der Waals surface area contributed by atoms with Crippen LogP contribution in [-0.2, 0) is 25.5 Å². The lowest BCUT2D eigenvalue weighted by atomic mass is 9.47. The molecular formula is C27H32O5S. The summed E-state index contributed by atoms with van der Waals surface area (Å²) in [6.07, 6.45) is 10.6. The van der Waals surface area contributed by atoms with Gasteiger partial charge in [0.25, 0.3) is 0 Å². The third kappa shape index (κ3) is 3.48. The molecule has 1 aromatic rings. The summed E-state index contributed by atoms with van der Waals surface area (Å²) < 4.78 is 5.29. The number of carbonyl (C=O) groups excluding carboxylic acids is 3. The first-order valence-electron chi connectivity index (χ1n) is 12.1. The number of allylic oxidation sites excluding steroid dienone is 4. The van der Waals surface area contributed by atoms with Gasteiger partial charge in [-0.25, -0.2) is 0 Å². The first-order chi connectivity index (χ1) is 15.7. The average Bonchev–Trinajstić information content (AvgIpc) is 3.39. The molecule has 0 bridgehead atoms. The third-order valence-electron chi connectivity index (χ3n) is 9.43. The largest absolute Gasteiger partial charge is 0.457 e. The Morgan fingerprint density at radius 1 is 1.18 bits per heavy atom. The molecule has 4 aliphatic rings. The highest BCUT2D eigenvalue weighted by molar-refractivity contribution is 7.10. The van der Waals surface area contributed by atoms with Crippen LogP contribution in [0.3, 0.4) is 0 Å². The maximum atomic E-state index is 13.2. The van der Waals surface area contributed by atoms with Crippen molar-refractivity contribution in [1.29, 1.82) is 0 Å². The number of hydrogen-bond donors (Lipinski definition) is 1. The van der Waals surface area contributed by atoms with Crippen LogP contribution in [0.25, 0.3) is 0 Å². The molecule has 3 fully saturated rings. The van der Waals surface area contributed by atoms with Crippen LogP contribution in [0.4, 0.5) is 0 Å². The molecule has 6 heteroatoms. The first-order valence-corrected chi connectivity index (χ1v) is 12.9. The Labute approximate surface area is 198 Å². The summed E-state index contributed by atoms with van der Waals surface area (Å²) in [6, 6.07) is 3.74. The van der Waals surface area contributed by atoms with Gasteiger partial charge >= 0.3 is 5.97 Å². The van der Waals surface area contributed by atoms with Crippen LogP contribution in [0.15, 0.2) is 41.3 Å². The topological polar surface area (TPSA) is 80.7 Å². The summed E-state index contributed by atoms with van der Waals surface area (Å²) in [5, 5.41) is 13.6. The minimum absolute atomic E-state index is 0.0797. The predicted octanol–water partition coefficient (Wildman–Crippen LogP) is 4.44. The van der Waals surface area contributed by atoms with Crippen LogP contribution >= 0.6 is 11.3 Å². The summed E-state index contributed by atoms with van der Waals surface area (Å²) >= 11 is 1.48. The van der Waals surface area contributed by atoms with Crippen LogP contribution in [0.1, 0.15) is 57.2 Å². The van der Waals surface area contributed by atoms with E-state index in [4.69, 9.17) is 4.74 Å². The van der Waals surface area contributed by atoms with E-state index >= 15 is 0 Å². The number of thiophene rings is 1. The van der Waals surface area contributed by atoms with E-state index in [9.17, 15) is 19.5 Å². The molecule has 3 saturated carbocycles. The summed E-state index contributed by atoms with van der Waals surface area (Å²) in [7, 11) is 0. The second-order valence-electron chi connectivity index (χ2n) is 10.8. The Balaban J connectivity index is 1.30. The highest BCUT2D eigenvalue weighted by Crippen LogP contribution is 2.67. The zero-order valence-corrected chi connectivity index (χ0v) is 20.2. The van der Waals surface area contributed by atoms with Crippen molar-refractivity contribution in [2.24, 2.45) is 28.6 Å². The van der Waals surface area contributed by atoms with Crippen molar-refractivity contribution >= 4 is 28.9 Å². The minimum atomic E-state index is -1.46. The summed E-state index contributed by atoms with van der Waals surface area (Å²) in [6.45, 7) is 3.95. The minimum Gasteiger partial charge on any atom is -0.457 e. The molecule has 4 aliphatic carbocycles. The molecule has 0 aliphatic heterocycles. The van der Waals surface area contributed by atoms with E-state index in [0.29, 0.717) is 18.3 Å². The lowest BCUT2D eigenvalue weighted by molar-refractivity contribution is -0.168. The van der Waals surface area contributed by atoms with Crippen molar-refractivity contribution in [3.8, 4) is 0 Å². The highest BCUT2D eigenvalue weighted by Gasteiger charge is 2.66. The quantitative estimate of drug-likeness (QED) is 0.646. The van der Waals surface area contributed by atoms with Gasteiger partial charge in [0.15, 0.2) is 12.4 Å². The number of fused-ring (bicyclic) bond motifs is 5. The molecule has 1 heterocycles. The van der Waals surface area contributed by atoms with Gasteiger partial charge in [0.05, 0.1) is 6.42 Å². The molecule has 6 atom stereocenters. The number of rotatable bonds is 5. The molecule has 33 heavy (non-hydrogen) atoms. The number of ether oxygens (including phenoxy) is 1. The Kier molecular flexibility index (Phi) is 5.52. The molecule has 5 rings (SSSR count). The zero-order chi connectivity index (χ0) is 23.4. The van der Waals surface area contributed by atoms with Gasteiger partial charge in [-0.2, -0.15) is 0 Å². The van der Waals surface area contributed by atoms with Crippen molar-refractivity contribution < 1.29 is 24.2 Å². The molecule has 0 unspecified atom stereocenters. The van der Waals surface area contributed by atoms with E-state index in [0.717, 1.165) is 37.0 Å². The molecule has 0 spiro atoms. The Hall–Kier alpha value is -2.05. The maximum absolute atomic E-state index is 13.2. The van der Waals surface area contributed by atoms with Gasteiger partial charge in [-0.1, -0.05) is 31.6 Å². The van der Waals surface area contributed by atoms with Crippen LogP contribution in [0.2, 0.25) is 0 Å². The van der Waals surface area contributed by atoms with E-state index in [2.05, 4.69) is 19.9 Å². The summed E-state index contributed by atoms with van der Waals surface area (Å²) in [5.74, 6) is 0.354. The van der Waals surface area contributed by atoms with Gasteiger partial charge < -0.3 is 9.84 Å². The molecule has 5 nitrogen and oxygen atoms in total. The van der Waals surface area contributed by atoms with Crippen molar-refractivity contribution in [2.75, 3.05) is 6.61 Å². The highest BCUT2D eigenvalue weighted by atomic mass is 32.1. The summed E-state index contributed by atoms with van der Waals surface area (Å²) in [4.78, 5) is 38.3. The molecule has 0 amide bonds. The molecular weight excluding hydrogens is 436 g/mol. The van der Waals surface area contributed by atoms with Gasteiger partial charge in [-0.3, -0.25) is 14.4 Å². The SMILES string of the molecule is C[C@]12C=CC(=O)C=C1CC[C@@H]1[C@@H]2CC[C@@]2(C)[C@H]1CC[C@]2(O)C(=O)COC(=O)Cc1cccs1. The number of Topliss-reactive ketones (excluding diaryl/α,β-unsaturated/α-hetero) is 1. The van der Waals surface area contributed by atoms with Gasteiger partial charge in [0.2, 0.25) is 5.78 Å². The fraction of sp³-hybridized carbons (Fsp3) is 0.593. The van der Waals surface area contributed by atoms with Gasteiger partial charge in [-0.15, -0.1) is 11.3 Å². The van der Waals surface area contributed by atoms with Crippen molar-refractivity contribution in [3.05, 3.63) is 46.2 Å². The zero-order valence-electron chi connectivity index (χ0n) is 19.3. The standard InChI is InChI=1S/C27H32O5S/c1-25-10-7-18(28)14-17(25)5-6-20-21(25)8-11-26(2)22(20)9-12-27(26,31)23(29)16-32-24(30)15-19-4-3-13-33-19/h3-4,7,10,13-14,20-22,31H,5-6,8-9,11-12,15-16H2,1-2H3/t20-,21+,22+,25+,26+,27+/m1/s1. The number of esters is 1. The Morgan fingerprint density at radius 3 is 2.73 bits per heavy atom. The lowest BCUT2D eigenvalue weighted by Gasteiger charge is -2.57. The molecule has 1 aromatic heterocycles. The van der Waals surface area contributed by atoms with E-state index < -0.39 is 17.0 Å². The molecule has 1 N–H and O–H groups in total. The fourth-order valence-electron chi connectivity index (χ4n) is 7.54. The van der Waals surface area contributed by atoms with Crippen LogP contribution in [0, 0.1) is 28.6 Å². The normalized spacial score (nSPS) is 39.3. The number of carbonyl (C=O) groups is 3. The smallest absolute Gasteiger partial charge is 0.311 e. The maximum Gasteiger partial charge on any atom is 0.311 e. The molecule has 0 radical (unpaired) electrons. The summed E-state index contributed by atoms with van der Waals surface area (Å²) in [5.41, 5.74) is -0.847. The predicted molar refractivity (Wildman–Crippen MR) is 126 cm³/mol.